The van der Waals surface area contributed by atoms with E-state index >= 15 is 0 Å². The highest BCUT2D eigenvalue weighted by atomic mass is 16.5. The van der Waals surface area contributed by atoms with E-state index in [0.717, 1.165) is 75.3 Å². The summed E-state index contributed by atoms with van der Waals surface area (Å²) in [6.07, 6.45) is 3.90. The molecular weight excluding hydrogens is 402 g/mol. The molecule has 2 fully saturated rings. The maximum atomic E-state index is 13.6. The molecule has 2 aliphatic heterocycles. The Bertz CT molecular complexity index is 925. The minimum Gasteiger partial charge on any atom is -0.378 e. The standard InChI is InChI=1S/C26H33N3O3/c1-20-23(11-7-12-24(20)28-16-18-32-19-17-28)26(31)29-15-6-5-10-22(29)13-14-27-25(30)21-8-3-2-4-9-21/h2-4,7-9,11-12,22H,5-6,10,13-19H2,1H3,(H,27,30)/t22-/m1/s1. The zero-order valence-corrected chi connectivity index (χ0v) is 18.9. The maximum absolute atomic E-state index is 13.6. The van der Waals surface area contributed by atoms with Crippen LogP contribution in [0.4, 0.5) is 5.69 Å². The van der Waals surface area contributed by atoms with Crippen molar-refractivity contribution in [3.8, 4) is 0 Å². The fourth-order valence-corrected chi connectivity index (χ4v) is 4.77. The summed E-state index contributed by atoms with van der Waals surface area (Å²) in [5, 5.41) is 3.01. The molecule has 0 radical (unpaired) electrons. The van der Waals surface area contributed by atoms with Gasteiger partial charge in [-0.05, 0) is 62.4 Å². The molecule has 2 aliphatic rings. The van der Waals surface area contributed by atoms with E-state index in [1.807, 2.05) is 47.4 Å². The largest absolute Gasteiger partial charge is 0.378 e. The van der Waals surface area contributed by atoms with Gasteiger partial charge in [0.25, 0.3) is 11.8 Å². The number of piperidine rings is 1. The number of nitrogens with one attached hydrogen (secondary N) is 1. The molecule has 2 saturated heterocycles. The molecule has 6 nitrogen and oxygen atoms in total. The summed E-state index contributed by atoms with van der Waals surface area (Å²) < 4.78 is 5.48. The molecule has 170 valence electrons. The van der Waals surface area contributed by atoms with Crippen molar-refractivity contribution in [1.29, 1.82) is 0 Å². The smallest absolute Gasteiger partial charge is 0.254 e. The number of morpholine rings is 1. The Hall–Kier alpha value is -2.86. The summed E-state index contributed by atoms with van der Waals surface area (Å²) in [7, 11) is 0. The van der Waals surface area contributed by atoms with E-state index in [9.17, 15) is 9.59 Å². The molecule has 2 aromatic carbocycles. The number of likely N-dealkylation sites (tertiary alicyclic amines) is 1. The van der Waals surface area contributed by atoms with E-state index < -0.39 is 0 Å². The number of ether oxygens (including phenoxy) is 1. The van der Waals surface area contributed by atoms with Gasteiger partial charge < -0.3 is 19.9 Å². The van der Waals surface area contributed by atoms with Crippen LogP contribution in [0.2, 0.25) is 0 Å². The van der Waals surface area contributed by atoms with Crippen molar-refractivity contribution in [1.82, 2.24) is 10.2 Å². The van der Waals surface area contributed by atoms with Gasteiger partial charge in [-0.25, -0.2) is 0 Å². The van der Waals surface area contributed by atoms with Crippen LogP contribution in [0, 0.1) is 6.92 Å². The van der Waals surface area contributed by atoms with Crippen molar-refractivity contribution in [3.63, 3.8) is 0 Å². The van der Waals surface area contributed by atoms with Gasteiger partial charge in [0, 0.05) is 49.0 Å². The van der Waals surface area contributed by atoms with Crippen LogP contribution >= 0.6 is 0 Å². The van der Waals surface area contributed by atoms with Crippen LogP contribution < -0.4 is 10.2 Å². The second kappa shape index (κ2) is 10.6. The second-order valence-electron chi connectivity index (χ2n) is 8.61. The van der Waals surface area contributed by atoms with Crippen molar-refractivity contribution in [3.05, 3.63) is 65.2 Å². The van der Waals surface area contributed by atoms with E-state index in [2.05, 4.69) is 23.2 Å². The molecule has 0 aliphatic carbocycles. The van der Waals surface area contributed by atoms with Gasteiger partial charge in [0.1, 0.15) is 0 Å². The third-order valence-corrected chi connectivity index (χ3v) is 6.57. The van der Waals surface area contributed by atoms with E-state index in [1.165, 1.54) is 0 Å². The molecule has 32 heavy (non-hydrogen) atoms. The Balaban J connectivity index is 1.42. The summed E-state index contributed by atoms with van der Waals surface area (Å²) in [6, 6.07) is 15.5. The molecule has 0 unspecified atom stereocenters. The molecule has 0 saturated carbocycles. The number of carbonyl (C=O) groups excluding carboxylic acids is 2. The maximum Gasteiger partial charge on any atom is 0.254 e. The van der Waals surface area contributed by atoms with Crippen molar-refractivity contribution in [2.75, 3.05) is 44.3 Å². The van der Waals surface area contributed by atoms with Gasteiger partial charge in [-0.3, -0.25) is 9.59 Å². The Morgan fingerprint density at radius 2 is 1.78 bits per heavy atom. The van der Waals surface area contributed by atoms with Crippen LogP contribution in [-0.2, 0) is 4.74 Å². The molecule has 2 aromatic rings. The van der Waals surface area contributed by atoms with Crippen molar-refractivity contribution in [2.24, 2.45) is 0 Å². The SMILES string of the molecule is Cc1c(C(=O)N2CCCC[C@@H]2CCNC(=O)c2ccccc2)cccc1N1CCOCC1. The summed E-state index contributed by atoms with van der Waals surface area (Å²) in [6.45, 7) is 6.54. The molecule has 0 bridgehead atoms. The number of carbonyl (C=O) groups is 2. The van der Waals surface area contributed by atoms with Gasteiger partial charge in [0.05, 0.1) is 13.2 Å². The molecule has 1 atom stereocenters. The average Bonchev–Trinajstić information content (AvgIpc) is 2.85. The summed E-state index contributed by atoms with van der Waals surface area (Å²) in [5.41, 5.74) is 3.62. The van der Waals surface area contributed by atoms with E-state index in [1.54, 1.807) is 0 Å². The summed E-state index contributed by atoms with van der Waals surface area (Å²) in [4.78, 5) is 30.3. The first kappa shape index (κ1) is 22.3. The van der Waals surface area contributed by atoms with Crippen molar-refractivity contribution in [2.45, 2.75) is 38.6 Å². The van der Waals surface area contributed by atoms with Crippen LogP contribution in [0.1, 0.15) is 52.0 Å². The Morgan fingerprint density at radius 3 is 2.56 bits per heavy atom. The first-order valence-electron chi connectivity index (χ1n) is 11.7. The molecule has 0 aromatic heterocycles. The van der Waals surface area contributed by atoms with Gasteiger partial charge in [0.2, 0.25) is 0 Å². The lowest BCUT2D eigenvalue weighted by Crippen LogP contribution is -2.45. The number of hydrogen-bond acceptors (Lipinski definition) is 4. The Kier molecular flexibility index (Phi) is 7.43. The lowest BCUT2D eigenvalue weighted by atomic mass is 9.96. The van der Waals surface area contributed by atoms with Crippen LogP contribution in [0.25, 0.3) is 0 Å². The van der Waals surface area contributed by atoms with Crippen LogP contribution in [0.15, 0.2) is 48.5 Å². The molecule has 4 rings (SSSR count). The number of rotatable bonds is 6. The zero-order valence-electron chi connectivity index (χ0n) is 18.9. The van der Waals surface area contributed by atoms with E-state index in [0.29, 0.717) is 12.1 Å². The topological polar surface area (TPSA) is 61.9 Å². The lowest BCUT2D eigenvalue weighted by molar-refractivity contribution is 0.0600. The van der Waals surface area contributed by atoms with Gasteiger partial charge in [-0.2, -0.15) is 0 Å². The molecule has 2 heterocycles. The van der Waals surface area contributed by atoms with Crippen molar-refractivity contribution >= 4 is 17.5 Å². The highest BCUT2D eigenvalue weighted by Gasteiger charge is 2.29. The minimum absolute atomic E-state index is 0.0617. The first-order valence-corrected chi connectivity index (χ1v) is 11.7. The third kappa shape index (κ3) is 5.13. The Labute approximate surface area is 190 Å². The molecule has 6 heteroatoms. The van der Waals surface area contributed by atoms with E-state index in [4.69, 9.17) is 4.74 Å². The monoisotopic (exact) mass is 435 g/mol. The first-order chi connectivity index (χ1) is 15.6. The molecule has 2 amide bonds. The van der Waals surface area contributed by atoms with Gasteiger partial charge in [0.15, 0.2) is 0 Å². The lowest BCUT2D eigenvalue weighted by Gasteiger charge is -2.37. The number of anilines is 1. The van der Waals surface area contributed by atoms with Gasteiger partial charge in [-0.1, -0.05) is 24.3 Å². The van der Waals surface area contributed by atoms with Crippen LogP contribution in [-0.4, -0.2) is 62.1 Å². The highest BCUT2D eigenvalue weighted by Crippen LogP contribution is 2.28. The zero-order chi connectivity index (χ0) is 22.3. The molecule has 0 spiro atoms. The fraction of sp³-hybridized carbons (Fsp3) is 0.462. The normalized spacial score (nSPS) is 19.0. The van der Waals surface area contributed by atoms with Gasteiger partial charge in [-0.15, -0.1) is 0 Å². The quantitative estimate of drug-likeness (QED) is 0.753. The third-order valence-electron chi connectivity index (χ3n) is 6.57. The number of hydrogen-bond donors (Lipinski definition) is 1. The molecule has 1 N–H and O–H groups in total. The predicted octanol–water partition coefficient (Wildman–Crippen LogP) is 3.65. The van der Waals surface area contributed by atoms with Crippen molar-refractivity contribution < 1.29 is 14.3 Å². The minimum atomic E-state index is -0.0617. The predicted molar refractivity (Wildman–Crippen MR) is 126 cm³/mol. The highest BCUT2D eigenvalue weighted by molar-refractivity contribution is 5.97. The van der Waals surface area contributed by atoms with Gasteiger partial charge >= 0.3 is 0 Å². The number of benzene rings is 2. The van der Waals surface area contributed by atoms with E-state index in [-0.39, 0.29) is 17.9 Å². The fourth-order valence-electron chi connectivity index (χ4n) is 4.77. The van der Waals surface area contributed by atoms with Crippen LogP contribution in [0.5, 0.6) is 0 Å². The summed E-state index contributed by atoms with van der Waals surface area (Å²) in [5.74, 6) is 0.0463. The Morgan fingerprint density at radius 1 is 1.00 bits per heavy atom. The summed E-state index contributed by atoms with van der Waals surface area (Å²) >= 11 is 0. The number of nitrogens with zero attached hydrogens (tertiary/aromatic N) is 2. The second-order valence-corrected chi connectivity index (χ2v) is 8.61. The average molecular weight is 436 g/mol. The number of amides is 2. The molecular formula is C26H33N3O3. The van der Waals surface area contributed by atoms with Crippen LogP contribution in [0.3, 0.4) is 0 Å².